The first-order valence-corrected chi connectivity index (χ1v) is 7.02. The fourth-order valence-corrected chi connectivity index (χ4v) is 2.41. The van der Waals surface area contributed by atoms with Crippen molar-refractivity contribution in [1.29, 1.82) is 0 Å². The molecule has 0 nitrogen and oxygen atoms in total. The minimum Gasteiger partial charge on any atom is -0.0683 e. The lowest BCUT2D eigenvalue weighted by Crippen LogP contribution is -1.99. The summed E-state index contributed by atoms with van der Waals surface area (Å²) in [5.41, 5.74) is 4.38. The molecule has 0 radical (unpaired) electrons. The highest BCUT2D eigenvalue weighted by Gasteiger charge is 2.11. The van der Waals surface area contributed by atoms with Gasteiger partial charge in [-0.05, 0) is 47.6 Å². The van der Waals surface area contributed by atoms with Crippen LogP contribution in [0, 0.1) is 6.92 Å². The molecule has 1 aromatic carbocycles. The summed E-state index contributed by atoms with van der Waals surface area (Å²) in [4.78, 5) is 0. The van der Waals surface area contributed by atoms with E-state index in [4.69, 9.17) is 0 Å². The molecule has 0 spiro atoms. The van der Waals surface area contributed by atoms with Crippen LogP contribution in [0.4, 0.5) is 0 Å². The lowest BCUT2D eigenvalue weighted by Gasteiger charge is -2.17. The SMILES string of the molecule is CC.Cc1c(C(C)C)cc(Br)cc1C(C)C. The van der Waals surface area contributed by atoms with Gasteiger partial charge < -0.3 is 0 Å². The van der Waals surface area contributed by atoms with Crippen LogP contribution < -0.4 is 0 Å². The number of rotatable bonds is 2. The van der Waals surface area contributed by atoms with Crippen LogP contribution in [0.25, 0.3) is 0 Å². The van der Waals surface area contributed by atoms with E-state index in [-0.39, 0.29) is 0 Å². The van der Waals surface area contributed by atoms with Crippen LogP contribution in [0.2, 0.25) is 0 Å². The van der Waals surface area contributed by atoms with E-state index in [0.29, 0.717) is 11.8 Å². The van der Waals surface area contributed by atoms with Gasteiger partial charge in [-0.1, -0.05) is 57.5 Å². The third-order valence-electron chi connectivity index (χ3n) is 2.70. The smallest absolute Gasteiger partial charge is 0.0181 e. The molecule has 0 amide bonds. The molecule has 0 heterocycles. The standard InChI is InChI=1S/C13H19Br.C2H6/c1-8(2)12-6-11(14)7-13(9(3)4)10(12)5;1-2/h6-9H,1-5H3;1-2H3. The first-order chi connectivity index (χ1) is 7.43. The molecule has 92 valence electrons. The van der Waals surface area contributed by atoms with Gasteiger partial charge in [-0.25, -0.2) is 0 Å². The Labute approximate surface area is 110 Å². The number of halogens is 1. The molecule has 16 heavy (non-hydrogen) atoms. The summed E-state index contributed by atoms with van der Waals surface area (Å²) in [6.07, 6.45) is 0. The molecule has 1 rings (SSSR count). The maximum absolute atomic E-state index is 3.58. The molecule has 0 saturated heterocycles. The van der Waals surface area contributed by atoms with E-state index in [2.05, 4.69) is 62.7 Å². The van der Waals surface area contributed by atoms with Crippen LogP contribution in [0.1, 0.15) is 70.1 Å². The summed E-state index contributed by atoms with van der Waals surface area (Å²) < 4.78 is 1.20. The Kier molecular flexibility index (Phi) is 6.98. The second-order valence-corrected chi connectivity index (χ2v) is 5.43. The topological polar surface area (TPSA) is 0 Å². The molecular weight excluding hydrogens is 260 g/mol. The fraction of sp³-hybridized carbons (Fsp3) is 0.600. The Morgan fingerprint density at radius 3 is 1.44 bits per heavy atom. The molecule has 0 aliphatic rings. The normalized spacial score (nSPS) is 10.4. The fourth-order valence-electron chi connectivity index (χ4n) is 1.92. The Bertz CT molecular complexity index is 295. The minimum atomic E-state index is 0.602. The molecule has 1 heteroatoms. The Balaban J connectivity index is 0.00000106. The predicted octanol–water partition coefficient (Wildman–Crippen LogP) is 6.03. The summed E-state index contributed by atoms with van der Waals surface area (Å²) >= 11 is 3.58. The number of benzene rings is 1. The van der Waals surface area contributed by atoms with Gasteiger partial charge in [0.25, 0.3) is 0 Å². The first kappa shape index (κ1) is 15.7. The van der Waals surface area contributed by atoms with E-state index in [1.54, 1.807) is 0 Å². The highest BCUT2D eigenvalue weighted by atomic mass is 79.9. The third-order valence-corrected chi connectivity index (χ3v) is 3.15. The molecule has 0 N–H and O–H groups in total. The molecule has 0 bridgehead atoms. The van der Waals surface area contributed by atoms with Crippen LogP contribution in [-0.4, -0.2) is 0 Å². The molecule has 0 unspecified atom stereocenters. The highest BCUT2D eigenvalue weighted by molar-refractivity contribution is 9.10. The van der Waals surface area contributed by atoms with Crippen molar-refractivity contribution in [3.63, 3.8) is 0 Å². The largest absolute Gasteiger partial charge is 0.0683 e. The molecule has 0 atom stereocenters. The van der Waals surface area contributed by atoms with Crippen molar-refractivity contribution in [3.8, 4) is 0 Å². The van der Waals surface area contributed by atoms with Gasteiger partial charge in [0.2, 0.25) is 0 Å². The van der Waals surface area contributed by atoms with Crippen LogP contribution in [0.5, 0.6) is 0 Å². The van der Waals surface area contributed by atoms with Gasteiger partial charge in [-0.2, -0.15) is 0 Å². The maximum Gasteiger partial charge on any atom is 0.0181 e. The summed E-state index contributed by atoms with van der Waals surface area (Å²) in [5.74, 6) is 1.20. The van der Waals surface area contributed by atoms with E-state index >= 15 is 0 Å². The second kappa shape index (κ2) is 7.11. The van der Waals surface area contributed by atoms with Crippen molar-refractivity contribution in [2.24, 2.45) is 0 Å². The number of hydrogen-bond donors (Lipinski definition) is 0. The van der Waals surface area contributed by atoms with Crippen LogP contribution in [-0.2, 0) is 0 Å². The third kappa shape index (κ3) is 3.93. The predicted molar refractivity (Wildman–Crippen MR) is 78.4 cm³/mol. The number of hydrogen-bond acceptors (Lipinski definition) is 0. The van der Waals surface area contributed by atoms with Crippen molar-refractivity contribution >= 4 is 15.9 Å². The van der Waals surface area contributed by atoms with Crippen LogP contribution in [0.15, 0.2) is 16.6 Å². The van der Waals surface area contributed by atoms with Crippen molar-refractivity contribution in [2.45, 2.75) is 60.3 Å². The zero-order valence-corrected chi connectivity index (χ0v) is 13.3. The van der Waals surface area contributed by atoms with Gasteiger partial charge in [-0.15, -0.1) is 0 Å². The van der Waals surface area contributed by atoms with Gasteiger partial charge >= 0.3 is 0 Å². The van der Waals surface area contributed by atoms with E-state index < -0.39 is 0 Å². The van der Waals surface area contributed by atoms with E-state index in [0.717, 1.165) is 0 Å². The van der Waals surface area contributed by atoms with Gasteiger partial charge in [0, 0.05) is 4.47 Å². The van der Waals surface area contributed by atoms with Crippen molar-refractivity contribution in [3.05, 3.63) is 33.3 Å². The summed E-state index contributed by atoms with van der Waals surface area (Å²) in [6, 6.07) is 4.48. The quantitative estimate of drug-likeness (QED) is 0.622. The van der Waals surface area contributed by atoms with Crippen molar-refractivity contribution in [1.82, 2.24) is 0 Å². The molecule has 0 aromatic heterocycles. The highest BCUT2D eigenvalue weighted by Crippen LogP contribution is 2.30. The summed E-state index contributed by atoms with van der Waals surface area (Å²) in [5, 5.41) is 0. The lowest BCUT2D eigenvalue weighted by molar-refractivity contribution is 0.815. The lowest BCUT2D eigenvalue weighted by atomic mass is 9.90. The molecular formula is C15H25Br. The summed E-state index contributed by atoms with van der Waals surface area (Å²) in [7, 11) is 0. The summed E-state index contributed by atoms with van der Waals surface area (Å²) in [6.45, 7) is 15.2. The molecule has 0 saturated carbocycles. The zero-order valence-electron chi connectivity index (χ0n) is 11.7. The monoisotopic (exact) mass is 284 g/mol. The van der Waals surface area contributed by atoms with E-state index in [1.165, 1.54) is 21.2 Å². The molecule has 0 aliphatic carbocycles. The van der Waals surface area contributed by atoms with Gasteiger partial charge in [0.05, 0.1) is 0 Å². The van der Waals surface area contributed by atoms with Crippen LogP contribution in [0.3, 0.4) is 0 Å². The average molecular weight is 285 g/mol. The zero-order chi connectivity index (χ0) is 12.9. The van der Waals surface area contributed by atoms with Crippen molar-refractivity contribution < 1.29 is 0 Å². The van der Waals surface area contributed by atoms with E-state index in [9.17, 15) is 0 Å². The van der Waals surface area contributed by atoms with Crippen LogP contribution >= 0.6 is 15.9 Å². The Morgan fingerprint density at radius 2 is 1.19 bits per heavy atom. The molecule has 1 aromatic rings. The second-order valence-electron chi connectivity index (χ2n) is 4.52. The average Bonchev–Trinajstić information content (AvgIpc) is 2.23. The van der Waals surface area contributed by atoms with Crippen molar-refractivity contribution in [2.75, 3.05) is 0 Å². The Morgan fingerprint density at radius 1 is 0.875 bits per heavy atom. The first-order valence-electron chi connectivity index (χ1n) is 6.23. The van der Waals surface area contributed by atoms with Gasteiger partial charge in [-0.3, -0.25) is 0 Å². The van der Waals surface area contributed by atoms with Gasteiger partial charge in [0.1, 0.15) is 0 Å². The molecule has 0 fully saturated rings. The maximum atomic E-state index is 3.58. The molecule has 0 aliphatic heterocycles. The minimum absolute atomic E-state index is 0.602. The van der Waals surface area contributed by atoms with Gasteiger partial charge in [0.15, 0.2) is 0 Å². The Hall–Kier alpha value is -0.300. The van der Waals surface area contributed by atoms with E-state index in [1.807, 2.05) is 13.8 Å².